The monoisotopic (exact) mass is 359 g/mol. The van der Waals surface area contributed by atoms with Crippen LogP contribution in [0.4, 0.5) is 11.4 Å². The van der Waals surface area contributed by atoms with Crippen LogP contribution in [0.5, 0.6) is 0 Å². The predicted molar refractivity (Wildman–Crippen MR) is 102 cm³/mol. The number of nitrogens with one attached hydrogen (secondary N) is 3. The van der Waals surface area contributed by atoms with Gasteiger partial charge in [-0.3, -0.25) is 9.59 Å². The van der Waals surface area contributed by atoms with Crippen molar-refractivity contribution >= 4 is 34.8 Å². The Kier molecular flexibility index (Phi) is 6.98. The molecule has 0 bridgehead atoms. The second kappa shape index (κ2) is 9.20. The number of anilines is 2. The molecule has 2 amide bonds. The standard InChI is InChI=1S/C19H22ClN3O2/c1-3-18(24)23-17-10-15(9-8-13(17)2)22-19(25)12-21-11-14-6-4-5-7-16(14)20/h4-10,21H,3,11-12H2,1-2H3,(H,22,25)(H,23,24). The van der Waals surface area contributed by atoms with Crippen molar-refractivity contribution in [2.45, 2.75) is 26.8 Å². The molecule has 5 nitrogen and oxygen atoms in total. The van der Waals surface area contributed by atoms with Crippen molar-refractivity contribution in [2.24, 2.45) is 0 Å². The lowest BCUT2D eigenvalue weighted by atomic mass is 10.1. The Morgan fingerprint density at radius 1 is 1.04 bits per heavy atom. The Balaban J connectivity index is 1.89. The molecule has 2 aromatic rings. The summed E-state index contributed by atoms with van der Waals surface area (Å²) in [5, 5.41) is 9.38. The average molecular weight is 360 g/mol. The van der Waals surface area contributed by atoms with E-state index < -0.39 is 0 Å². The first-order valence-corrected chi connectivity index (χ1v) is 8.52. The van der Waals surface area contributed by atoms with Crippen LogP contribution in [-0.4, -0.2) is 18.4 Å². The van der Waals surface area contributed by atoms with E-state index in [0.717, 1.165) is 11.1 Å². The first kappa shape index (κ1) is 19.0. The number of rotatable bonds is 7. The molecule has 0 radical (unpaired) electrons. The van der Waals surface area contributed by atoms with Gasteiger partial charge >= 0.3 is 0 Å². The third-order valence-electron chi connectivity index (χ3n) is 3.68. The Hall–Kier alpha value is -2.37. The number of hydrogen-bond acceptors (Lipinski definition) is 3. The Morgan fingerprint density at radius 2 is 1.80 bits per heavy atom. The van der Waals surface area contributed by atoms with Gasteiger partial charge in [0.15, 0.2) is 0 Å². The highest BCUT2D eigenvalue weighted by molar-refractivity contribution is 6.31. The number of carbonyl (C=O) groups excluding carboxylic acids is 2. The molecule has 6 heteroatoms. The SMILES string of the molecule is CCC(=O)Nc1cc(NC(=O)CNCc2ccccc2Cl)ccc1C. The fraction of sp³-hybridized carbons (Fsp3) is 0.263. The van der Waals surface area contributed by atoms with Crippen LogP contribution in [-0.2, 0) is 16.1 Å². The third-order valence-corrected chi connectivity index (χ3v) is 4.04. The molecular formula is C19H22ClN3O2. The molecule has 0 aromatic heterocycles. The molecule has 0 heterocycles. The summed E-state index contributed by atoms with van der Waals surface area (Å²) in [7, 11) is 0. The van der Waals surface area contributed by atoms with Gasteiger partial charge in [0.2, 0.25) is 11.8 Å². The highest BCUT2D eigenvalue weighted by Gasteiger charge is 2.07. The maximum absolute atomic E-state index is 12.1. The van der Waals surface area contributed by atoms with Crippen LogP contribution < -0.4 is 16.0 Å². The van der Waals surface area contributed by atoms with Crippen LogP contribution in [0, 0.1) is 6.92 Å². The van der Waals surface area contributed by atoms with Crippen molar-refractivity contribution in [3.05, 3.63) is 58.6 Å². The number of hydrogen-bond donors (Lipinski definition) is 3. The van der Waals surface area contributed by atoms with Gasteiger partial charge in [-0.2, -0.15) is 0 Å². The molecular weight excluding hydrogens is 338 g/mol. The molecule has 0 spiro atoms. The maximum Gasteiger partial charge on any atom is 0.238 e. The van der Waals surface area contributed by atoms with Crippen molar-refractivity contribution in [1.29, 1.82) is 0 Å². The fourth-order valence-corrected chi connectivity index (χ4v) is 2.43. The van der Waals surface area contributed by atoms with Gasteiger partial charge in [-0.05, 0) is 36.2 Å². The van der Waals surface area contributed by atoms with Gasteiger partial charge in [0.25, 0.3) is 0 Å². The number of carbonyl (C=O) groups is 2. The fourth-order valence-electron chi connectivity index (χ4n) is 2.23. The summed E-state index contributed by atoms with van der Waals surface area (Å²) < 4.78 is 0. The van der Waals surface area contributed by atoms with E-state index in [9.17, 15) is 9.59 Å². The summed E-state index contributed by atoms with van der Waals surface area (Å²) in [4.78, 5) is 23.6. The van der Waals surface area contributed by atoms with Crippen molar-refractivity contribution in [1.82, 2.24) is 5.32 Å². The minimum Gasteiger partial charge on any atom is -0.326 e. The minimum atomic E-state index is -0.163. The van der Waals surface area contributed by atoms with E-state index in [0.29, 0.717) is 29.4 Å². The van der Waals surface area contributed by atoms with Gasteiger partial charge in [-0.15, -0.1) is 0 Å². The van der Waals surface area contributed by atoms with E-state index in [1.165, 1.54) is 0 Å². The topological polar surface area (TPSA) is 70.2 Å². The first-order valence-electron chi connectivity index (χ1n) is 8.14. The lowest BCUT2D eigenvalue weighted by molar-refractivity contribution is -0.116. The molecule has 0 saturated carbocycles. The molecule has 3 N–H and O–H groups in total. The second-order valence-corrected chi connectivity index (χ2v) is 6.08. The molecule has 0 fully saturated rings. The normalized spacial score (nSPS) is 10.4. The summed E-state index contributed by atoms with van der Waals surface area (Å²) in [5.41, 5.74) is 3.23. The van der Waals surface area contributed by atoms with Crippen LogP contribution >= 0.6 is 11.6 Å². The molecule has 0 aliphatic carbocycles. The lowest BCUT2D eigenvalue weighted by Crippen LogP contribution is -2.27. The third kappa shape index (κ3) is 5.89. The van der Waals surface area contributed by atoms with Gasteiger partial charge < -0.3 is 16.0 Å². The van der Waals surface area contributed by atoms with Crippen LogP contribution in [0.1, 0.15) is 24.5 Å². The highest BCUT2D eigenvalue weighted by Crippen LogP contribution is 2.20. The molecule has 2 rings (SSSR count). The number of aryl methyl sites for hydroxylation is 1. The Labute approximate surface area is 152 Å². The second-order valence-electron chi connectivity index (χ2n) is 5.67. The van der Waals surface area contributed by atoms with E-state index in [1.54, 1.807) is 13.0 Å². The number of benzene rings is 2. The van der Waals surface area contributed by atoms with Gasteiger partial charge in [0, 0.05) is 29.4 Å². The largest absolute Gasteiger partial charge is 0.326 e. The molecule has 0 unspecified atom stereocenters. The van der Waals surface area contributed by atoms with Crippen LogP contribution in [0.2, 0.25) is 5.02 Å². The van der Waals surface area contributed by atoms with Gasteiger partial charge in [-0.25, -0.2) is 0 Å². The summed E-state index contributed by atoms with van der Waals surface area (Å²) in [6.45, 7) is 4.37. The van der Waals surface area contributed by atoms with Crippen LogP contribution in [0.25, 0.3) is 0 Å². The van der Waals surface area contributed by atoms with E-state index in [4.69, 9.17) is 11.6 Å². The minimum absolute atomic E-state index is 0.0621. The molecule has 0 aliphatic rings. The van der Waals surface area contributed by atoms with Gasteiger partial charge in [0.05, 0.1) is 6.54 Å². The van der Waals surface area contributed by atoms with E-state index >= 15 is 0 Å². The molecule has 0 atom stereocenters. The average Bonchev–Trinajstić information content (AvgIpc) is 2.59. The van der Waals surface area contributed by atoms with Crippen molar-refractivity contribution < 1.29 is 9.59 Å². The van der Waals surface area contributed by atoms with Gasteiger partial charge in [0.1, 0.15) is 0 Å². The molecule has 25 heavy (non-hydrogen) atoms. The maximum atomic E-state index is 12.1. The smallest absolute Gasteiger partial charge is 0.238 e. The van der Waals surface area contributed by atoms with E-state index in [1.807, 2.05) is 43.3 Å². The van der Waals surface area contributed by atoms with Crippen molar-refractivity contribution in [2.75, 3.05) is 17.2 Å². The van der Waals surface area contributed by atoms with Gasteiger partial charge in [-0.1, -0.05) is 42.8 Å². The summed E-state index contributed by atoms with van der Waals surface area (Å²) in [6, 6.07) is 12.9. The zero-order chi connectivity index (χ0) is 18.2. The van der Waals surface area contributed by atoms with Crippen molar-refractivity contribution in [3.63, 3.8) is 0 Å². The zero-order valence-corrected chi connectivity index (χ0v) is 15.1. The number of amides is 2. The van der Waals surface area contributed by atoms with Crippen molar-refractivity contribution in [3.8, 4) is 0 Å². The summed E-state index contributed by atoms with van der Waals surface area (Å²) >= 11 is 6.08. The lowest BCUT2D eigenvalue weighted by Gasteiger charge is -2.12. The van der Waals surface area contributed by atoms with E-state index in [2.05, 4.69) is 16.0 Å². The predicted octanol–water partition coefficient (Wildman–Crippen LogP) is 3.73. The van der Waals surface area contributed by atoms with E-state index in [-0.39, 0.29) is 18.4 Å². The van der Waals surface area contributed by atoms with Crippen LogP contribution in [0.15, 0.2) is 42.5 Å². The summed E-state index contributed by atoms with van der Waals surface area (Å²) in [5.74, 6) is -0.225. The molecule has 0 saturated heterocycles. The number of halogens is 1. The quantitative estimate of drug-likeness (QED) is 0.705. The first-order chi connectivity index (χ1) is 12.0. The molecule has 2 aromatic carbocycles. The zero-order valence-electron chi connectivity index (χ0n) is 14.4. The Morgan fingerprint density at radius 3 is 2.52 bits per heavy atom. The molecule has 0 aliphatic heterocycles. The summed E-state index contributed by atoms with van der Waals surface area (Å²) in [6.07, 6.45) is 0.405. The van der Waals surface area contributed by atoms with Crippen LogP contribution in [0.3, 0.4) is 0 Å². The molecule has 132 valence electrons. The Bertz CT molecular complexity index is 762. The highest BCUT2D eigenvalue weighted by atomic mass is 35.5.